The lowest BCUT2D eigenvalue weighted by molar-refractivity contribution is -0.122. The van der Waals surface area contributed by atoms with E-state index in [1.165, 1.54) is 0 Å². The number of aliphatic hydroxyl groups excluding tert-OH is 1. The molecule has 0 saturated carbocycles. The zero-order valence-corrected chi connectivity index (χ0v) is 11.6. The van der Waals surface area contributed by atoms with Crippen molar-refractivity contribution in [2.75, 3.05) is 31.1 Å². The van der Waals surface area contributed by atoms with E-state index in [0.29, 0.717) is 12.5 Å². The van der Waals surface area contributed by atoms with Crippen LogP contribution in [-0.2, 0) is 4.79 Å². The highest BCUT2D eigenvalue weighted by Crippen LogP contribution is 2.19. The third-order valence-electron chi connectivity index (χ3n) is 3.47. The molecule has 1 amide bonds. The Bertz CT molecular complexity index is 413. The second-order valence-corrected chi connectivity index (χ2v) is 5.44. The molecule has 1 aliphatic heterocycles. The molecule has 0 bridgehead atoms. The molecule has 4 nitrogen and oxygen atoms in total. The van der Waals surface area contributed by atoms with Crippen LogP contribution in [-0.4, -0.2) is 48.2 Å². The normalized spacial score (nSPS) is 16.4. The Morgan fingerprint density at radius 1 is 1.37 bits per heavy atom. The number of anilines is 1. The van der Waals surface area contributed by atoms with Gasteiger partial charge in [-0.05, 0) is 26.0 Å². The van der Waals surface area contributed by atoms with Gasteiger partial charge in [0.05, 0.1) is 6.54 Å². The molecule has 1 fully saturated rings. The predicted octanol–water partition coefficient (Wildman–Crippen LogP) is 1.35. The van der Waals surface area contributed by atoms with Crippen LogP contribution in [0, 0.1) is 5.92 Å². The lowest BCUT2D eigenvalue weighted by Crippen LogP contribution is -2.53. The summed E-state index contributed by atoms with van der Waals surface area (Å²) in [6, 6.07) is 9.92. The van der Waals surface area contributed by atoms with Gasteiger partial charge in [0, 0.05) is 37.3 Å². The topological polar surface area (TPSA) is 43.8 Å². The van der Waals surface area contributed by atoms with Crippen molar-refractivity contribution < 1.29 is 9.90 Å². The highest BCUT2D eigenvalue weighted by atomic mass is 16.3. The Kier molecular flexibility index (Phi) is 4.56. The molecule has 0 aromatic heterocycles. The van der Waals surface area contributed by atoms with Crippen LogP contribution in [0.15, 0.2) is 30.3 Å². The standard InChI is InChI=1S/C15H22N2O2/c1-12(2)17(14-6-4-3-5-7-14)15(19)10-16-8-13(9-16)11-18/h3-7,12-13,18H,8-11H2,1-2H3. The summed E-state index contributed by atoms with van der Waals surface area (Å²) in [5.74, 6) is 0.467. The number of carbonyl (C=O) groups is 1. The number of hydrogen-bond acceptors (Lipinski definition) is 3. The number of para-hydroxylation sites is 1. The van der Waals surface area contributed by atoms with Crippen molar-refractivity contribution in [2.45, 2.75) is 19.9 Å². The van der Waals surface area contributed by atoms with E-state index in [2.05, 4.69) is 4.90 Å². The van der Waals surface area contributed by atoms with Gasteiger partial charge in [-0.1, -0.05) is 18.2 Å². The third kappa shape index (κ3) is 3.33. The Morgan fingerprint density at radius 3 is 2.53 bits per heavy atom. The first-order chi connectivity index (χ1) is 9.11. The molecule has 0 radical (unpaired) electrons. The van der Waals surface area contributed by atoms with E-state index in [-0.39, 0.29) is 18.6 Å². The number of benzene rings is 1. The van der Waals surface area contributed by atoms with Crippen molar-refractivity contribution in [1.29, 1.82) is 0 Å². The maximum atomic E-state index is 12.4. The maximum absolute atomic E-state index is 12.4. The molecular weight excluding hydrogens is 240 g/mol. The predicted molar refractivity (Wildman–Crippen MR) is 76.1 cm³/mol. The lowest BCUT2D eigenvalue weighted by atomic mass is 10.0. The van der Waals surface area contributed by atoms with Crippen LogP contribution in [0.5, 0.6) is 0 Å². The largest absolute Gasteiger partial charge is 0.396 e. The number of rotatable bonds is 5. The summed E-state index contributed by atoms with van der Waals surface area (Å²) in [5, 5.41) is 8.99. The summed E-state index contributed by atoms with van der Waals surface area (Å²) < 4.78 is 0. The third-order valence-corrected chi connectivity index (χ3v) is 3.47. The summed E-state index contributed by atoms with van der Waals surface area (Å²) in [4.78, 5) is 16.3. The average Bonchev–Trinajstić information content (AvgIpc) is 2.34. The highest BCUT2D eigenvalue weighted by molar-refractivity contribution is 5.95. The maximum Gasteiger partial charge on any atom is 0.241 e. The highest BCUT2D eigenvalue weighted by Gasteiger charge is 2.29. The van der Waals surface area contributed by atoms with Crippen molar-refractivity contribution in [3.63, 3.8) is 0 Å². The molecule has 1 N–H and O–H groups in total. The molecule has 0 unspecified atom stereocenters. The fourth-order valence-corrected chi connectivity index (χ4v) is 2.51. The fraction of sp³-hybridized carbons (Fsp3) is 0.533. The minimum Gasteiger partial charge on any atom is -0.396 e. The zero-order valence-electron chi connectivity index (χ0n) is 11.6. The van der Waals surface area contributed by atoms with E-state index < -0.39 is 0 Å². The van der Waals surface area contributed by atoms with Crippen molar-refractivity contribution in [2.24, 2.45) is 5.92 Å². The van der Waals surface area contributed by atoms with Gasteiger partial charge in [-0.3, -0.25) is 9.69 Å². The molecule has 19 heavy (non-hydrogen) atoms. The summed E-state index contributed by atoms with van der Waals surface area (Å²) in [7, 11) is 0. The zero-order chi connectivity index (χ0) is 13.8. The Labute approximate surface area is 114 Å². The average molecular weight is 262 g/mol. The van der Waals surface area contributed by atoms with Crippen LogP contribution in [0.4, 0.5) is 5.69 Å². The van der Waals surface area contributed by atoms with Crippen molar-refractivity contribution in [1.82, 2.24) is 4.90 Å². The molecule has 1 aliphatic rings. The second-order valence-electron chi connectivity index (χ2n) is 5.44. The lowest BCUT2D eigenvalue weighted by Gasteiger charge is -2.39. The minimum atomic E-state index is 0.123. The minimum absolute atomic E-state index is 0.123. The Hall–Kier alpha value is -1.39. The summed E-state index contributed by atoms with van der Waals surface area (Å²) in [5.41, 5.74) is 0.946. The fourth-order valence-electron chi connectivity index (χ4n) is 2.51. The molecule has 0 spiro atoms. The van der Waals surface area contributed by atoms with Gasteiger partial charge in [-0.15, -0.1) is 0 Å². The van der Waals surface area contributed by atoms with Crippen LogP contribution in [0.1, 0.15) is 13.8 Å². The molecule has 1 aromatic rings. The Balaban J connectivity index is 1.98. The molecule has 1 heterocycles. The van der Waals surface area contributed by atoms with Crippen LogP contribution >= 0.6 is 0 Å². The van der Waals surface area contributed by atoms with Crippen molar-refractivity contribution >= 4 is 11.6 Å². The van der Waals surface area contributed by atoms with E-state index in [0.717, 1.165) is 18.8 Å². The number of aliphatic hydroxyl groups is 1. The summed E-state index contributed by atoms with van der Waals surface area (Å²) >= 11 is 0. The monoisotopic (exact) mass is 262 g/mol. The molecule has 1 aromatic carbocycles. The first kappa shape index (κ1) is 14.0. The van der Waals surface area contributed by atoms with Gasteiger partial charge in [-0.25, -0.2) is 0 Å². The second kappa shape index (κ2) is 6.17. The molecule has 0 atom stereocenters. The van der Waals surface area contributed by atoms with E-state index >= 15 is 0 Å². The summed E-state index contributed by atoms with van der Waals surface area (Å²) in [6.45, 7) is 6.35. The van der Waals surface area contributed by atoms with Crippen molar-refractivity contribution in [3.8, 4) is 0 Å². The molecule has 2 rings (SSSR count). The number of amides is 1. The van der Waals surface area contributed by atoms with Gasteiger partial charge in [0.1, 0.15) is 0 Å². The number of hydrogen-bond donors (Lipinski definition) is 1. The number of likely N-dealkylation sites (tertiary alicyclic amines) is 1. The molecule has 1 saturated heterocycles. The summed E-state index contributed by atoms with van der Waals surface area (Å²) in [6.07, 6.45) is 0. The Morgan fingerprint density at radius 2 is 2.00 bits per heavy atom. The van der Waals surface area contributed by atoms with E-state index in [1.807, 2.05) is 49.1 Å². The van der Waals surface area contributed by atoms with Crippen LogP contribution in [0.25, 0.3) is 0 Å². The first-order valence-corrected chi connectivity index (χ1v) is 6.82. The number of nitrogens with zero attached hydrogens (tertiary/aromatic N) is 2. The van der Waals surface area contributed by atoms with Crippen molar-refractivity contribution in [3.05, 3.63) is 30.3 Å². The SMILES string of the molecule is CC(C)N(C(=O)CN1CC(CO)C1)c1ccccc1. The van der Waals surface area contributed by atoms with Gasteiger partial charge < -0.3 is 10.0 Å². The smallest absolute Gasteiger partial charge is 0.241 e. The van der Waals surface area contributed by atoms with Gasteiger partial charge >= 0.3 is 0 Å². The van der Waals surface area contributed by atoms with Crippen LogP contribution in [0.2, 0.25) is 0 Å². The van der Waals surface area contributed by atoms with E-state index in [1.54, 1.807) is 0 Å². The number of carbonyl (C=O) groups excluding carboxylic acids is 1. The van der Waals surface area contributed by atoms with Crippen LogP contribution in [0.3, 0.4) is 0 Å². The molecule has 0 aliphatic carbocycles. The van der Waals surface area contributed by atoms with E-state index in [4.69, 9.17) is 5.11 Å². The molecule has 104 valence electrons. The van der Waals surface area contributed by atoms with Gasteiger partial charge in [0.15, 0.2) is 0 Å². The van der Waals surface area contributed by atoms with Gasteiger partial charge in [-0.2, -0.15) is 0 Å². The molecule has 4 heteroatoms. The van der Waals surface area contributed by atoms with E-state index in [9.17, 15) is 4.79 Å². The van der Waals surface area contributed by atoms with Gasteiger partial charge in [0.2, 0.25) is 5.91 Å². The van der Waals surface area contributed by atoms with Crippen LogP contribution < -0.4 is 4.90 Å². The quantitative estimate of drug-likeness (QED) is 0.871. The molecular formula is C15H22N2O2. The van der Waals surface area contributed by atoms with Gasteiger partial charge in [0.25, 0.3) is 0 Å². The first-order valence-electron chi connectivity index (χ1n) is 6.82.